The zero-order valence-electron chi connectivity index (χ0n) is 16.0. The lowest BCUT2D eigenvalue weighted by atomic mass is 10.1. The number of methoxy groups -OCH3 is 1. The molecule has 31 heavy (non-hydrogen) atoms. The summed E-state index contributed by atoms with van der Waals surface area (Å²) in [6.45, 7) is -0.433. The first-order chi connectivity index (χ1) is 14.8. The topological polar surface area (TPSA) is 92.3 Å². The minimum atomic E-state index is -4.53. The second kappa shape index (κ2) is 7.91. The van der Waals surface area contributed by atoms with Gasteiger partial charge in [-0.05, 0) is 18.2 Å². The van der Waals surface area contributed by atoms with E-state index in [1.165, 1.54) is 31.6 Å². The monoisotopic (exact) mass is 448 g/mol. The predicted octanol–water partition coefficient (Wildman–Crippen LogP) is 4.19. The van der Waals surface area contributed by atoms with E-state index >= 15 is 0 Å². The fourth-order valence-electron chi connectivity index (χ4n) is 2.99. The van der Waals surface area contributed by atoms with E-state index in [0.29, 0.717) is 21.9 Å². The number of amides is 1. The smallest absolute Gasteiger partial charge is 0.416 e. The van der Waals surface area contributed by atoms with Crippen molar-refractivity contribution in [2.45, 2.75) is 12.8 Å². The number of thiazole rings is 1. The molecule has 11 heteroatoms. The third-order valence-corrected chi connectivity index (χ3v) is 5.51. The number of primary amides is 1. The number of carbonyl (C=O) groups excluding carboxylic acids is 1. The largest absolute Gasteiger partial charge is 0.497 e. The third-order valence-electron chi connectivity index (χ3n) is 4.46. The van der Waals surface area contributed by atoms with Crippen LogP contribution in [0.5, 0.6) is 11.6 Å². The maximum Gasteiger partial charge on any atom is 0.416 e. The van der Waals surface area contributed by atoms with Crippen molar-refractivity contribution in [2.75, 3.05) is 7.11 Å². The van der Waals surface area contributed by atoms with Gasteiger partial charge in [0.1, 0.15) is 18.7 Å². The summed E-state index contributed by atoms with van der Waals surface area (Å²) in [5.74, 6) is -0.347. The van der Waals surface area contributed by atoms with E-state index < -0.39 is 24.3 Å². The van der Waals surface area contributed by atoms with Crippen LogP contribution in [0.3, 0.4) is 0 Å². The molecule has 0 aliphatic carbocycles. The van der Waals surface area contributed by atoms with Gasteiger partial charge in [0.15, 0.2) is 10.0 Å². The van der Waals surface area contributed by atoms with Crippen LogP contribution in [-0.2, 0) is 12.8 Å². The average molecular weight is 448 g/mol. The molecule has 4 aromatic rings. The summed E-state index contributed by atoms with van der Waals surface area (Å²) >= 11 is 0.948. The highest BCUT2D eigenvalue weighted by Crippen LogP contribution is 2.34. The van der Waals surface area contributed by atoms with Gasteiger partial charge < -0.3 is 15.2 Å². The van der Waals surface area contributed by atoms with Gasteiger partial charge in [-0.15, -0.1) is 0 Å². The zero-order valence-corrected chi connectivity index (χ0v) is 16.8. The molecule has 0 saturated carbocycles. The van der Waals surface area contributed by atoms with E-state index in [0.717, 1.165) is 17.4 Å². The van der Waals surface area contributed by atoms with E-state index in [1.54, 1.807) is 22.8 Å². The number of hydrogen-bond acceptors (Lipinski definition) is 6. The van der Waals surface area contributed by atoms with E-state index in [2.05, 4.69) is 9.97 Å². The van der Waals surface area contributed by atoms with Crippen LogP contribution in [0, 0.1) is 0 Å². The molecule has 0 bridgehead atoms. The molecule has 2 aromatic carbocycles. The van der Waals surface area contributed by atoms with Crippen LogP contribution in [0.1, 0.15) is 20.8 Å². The van der Waals surface area contributed by atoms with Crippen LogP contribution in [0.15, 0.2) is 48.8 Å². The van der Waals surface area contributed by atoms with Crippen LogP contribution >= 0.6 is 11.3 Å². The summed E-state index contributed by atoms with van der Waals surface area (Å²) in [6.07, 6.45) is -3.02. The van der Waals surface area contributed by atoms with Gasteiger partial charge in [-0.3, -0.25) is 9.36 Å². The Morgan fingerprint density at radius 1 is 1.23 bits per heavy atom. The SMILES string of the molecule is COc1ccc2ncn(-c3nc(OCc4ccccc4C(F)(F)F)c(C(N)=O)s3)c2c1. The van der Waals surface area contributed by atoms with Crippen molar-refractivity contribution < 1.29 is 27.4 Å². The normalized spacial score (nSPS) is 11.6. The first-order valence-electron chi connectivity index (χ1n) is 8.88. The van der Waals surface area contributed by atoms with Crippen LogP contribution < -0.4 is 15.2 Å². The molecule has 2 heterocycles. The number of imidazole rings is 1. The summed E-state index contributed by atoms with van der Waals surface area (Å²) in [4.78, 5) is 20.4. The Morgan fingerprint density at radius 2 is 2.00 bits per heavy atom. The zero-order chi connectivity index (χ0) is 22.2. The molecular formula is C20H15F3N4O3S. The molecule has 0 spiro atoms. The maximum absolute atomic E-state index is 13.2. The average Bonchev–Trinajstić information content (AvgIpc) is 3.35. The fourth-order valence-corrected chi connectivity index (χ4v) is 3.84. The van der Waals surface area contributed by atoms with E-state index in [4.69, 9.17) is 15.2 Å². The van der Waals surface area contributed by atoms with Crippen LogP contribution in [0.2, 0.25) is 0 Å². The molecule has 0 fully saturated rings. The molecule has 0 saturated heterocycles. The quantitative estimate of drug-likeness (QED) is 0.478. The molecular weight excluding hydrogens is 433 g/mol. The Bertz CT molecular complexity index is 1270. The van der Waals surface area contributed by atoms with E-state index in [9.17, 15) is 18.0 Å². The molecule has 0 aliphatic heterocycles. The van der Waals surface area contributed by atoms with Crippen LogP contribution in [-0.4, -0.2) is 27.6 Å². The number of benzene rings is 2. The Kier molecular flexibility index (Phi) is 5.27. The summed E-state index contributed by atoms with van der Waals surface area (Å²) in [6, 6.07) is 10.3. The molecule has 0 atom stereocenters. The van der Waals surface area contributed by atoms with Crippen molar-refractivity contribution in [1.29, 1.82) is 0 Å². The number of fused-ring (bicyclic) bond motifs is 1. The van der Waals surface area contributed by atoms with Crippen LogP contribution in [0.4, 0.5) is 13.2 Å². The second-order valence-corrected chi connectivity index (χ2v) is 7.39. The molecule has 160 valence electrons. The number of nitrogens with zero attached hydrogens (tertiary/aromatic N) is 3. The number of nitrogens with two attached hydrogens (primary N) is 1. The predicted molar refractivity (Wildman–Crippen MR) is 108 cm³/mol. The lowest BCUT2D eigenvalue weighted by Crippen LogP contribution is -2.13. The van der Waals surface area contributed by atoms with Gasteiger partial charge in [0.25, 0.3) is 5.91 Å². The Labute approximate surface area is 177 Å². The number of carbonyl (C=O) groups is 1. The minimum absolute atomic E-state index is 0.00997. The molecule has 2 aromatic heterocycles. The molecule has 4 rings (SSSR count). The minimum Gasteiger partial charge on any atom is -0.497 e. The molecule has 0 radical (unpaired) electrons. The van der Waals surface area contributed by atoms with Gasteiger partial charge in [-0.25, -0.2) is 4.98 Å². The van der Waals surface area contributed by atoms with Crippen LogP contribution in [0.25, 0.3) is 16.2 Å². The van der Waals surface area contributed by atoms with Crippen molar-refractivity contribution >= 4 is 28.3 Å². The van der Waals surface area contributed by atoms with Crippen molar-refractivity contribution in [1.82, 2.24) is 14.5 Å². The Morgan fingerprint density at radius 3 is 2.71 bits per heavy atom. The number of hydrogen-bond donors (Lipinski definition) is 1. The highest BCUT2D eigenvalue weighted by Gasteiger charge is 2.33. The van der Waals surface area contributed by atoms with Gasteiger partial charge in [0.05, 0.1) is 23.7 Å². The first kappa shape index (κ1) is 20.7. The lowest BCUT2D eigenvalue weighted by Gasteiger charge is -2.12. The highest BCUT2D eigenvalue weighted by atomic mass is 32.1. The second-order valence-electron chi connectivity index (χ2n) is 6.41. The van der Waals surface area contributed by atoms with E-state index in [-0.39, 0.29) is 16.3 Å². The summed E-state index contributed by atoms with van der Waals surface area (Å²) in [7, 11) is 1.53. The molecule has 0 aliphatic rings. The van der Waals surface area contributed by atoms with Crippen molar-refractivity contribution in [3.05, 3.63) is 64.8 Å². The molecule has 0 unspecified atom stereocenters. The number of aromatic nitrogens is 3. The highest BCUT2D eigenvalue weighted by molar-refractivity contribution is 7.16. The summed E-state index contributed by atoms with van der Waals surface area (Å²) in [5, 5.41) is 0.323. The number of ether oxygens (including phenoxy) is 2. The van der Waals surface area contributed by atoms with Crippen molar-refractivity contribution in [2.24, 2.45) is 5.73 Å². The lowest BCUT2D eigenvalue weighted by molar-refractivity contribution is -0.138. The number of alkyl halides is 3. The van der Waals surface area contributed by atoms with Gasteiger partial charge in [-0.1, -0.05) is 29.5 Å². The van der Waals surface area contributed by atoms with Crippen molar-refractivity contribution in [3.8, 4) is 16.8 Å². The number of rotatable bonds is 6. The standard InChI is InChI=1S/C20H15F3N4O3S/c1-29-12-6-7-14-15(8-12)27(10-25-14)19-26-18(16(31-19)17(24)28)30-9-11-4-2-3-5-13(11)20(21,22)23/h2-8,10H,9H2,1H3,(H2,24,28). The first-order valence-corrected chi connectivity index (χ1v) is 9.69. The molecule has 2 N–H and O–H groups in total. The van der Waals surface area contributed by atoms with Gasteiger partial charge in [0.2, 0.25) is 5.88 Å². The van der Waals surface area contributed by atoms with Crippen molar-refractivity contribution in [3.63, 3.8) is 0 Å². The Hall–Kier alpha value is -3.60. The van der Waals surface area contributed by atoms with Gasteiger partial charge in [0, 0.05) is 11.6 Å². The molecule has 7 nitrogen and oxygen atoms in total. The third kappa shape index (κ3) is 4.04. The van der Waals surface area contributed by atoms with Gasteiger partial charge in [-0.2, -0.15) is 18.2 Å². The Balaban J connectivity index is 1.69. The van der Waals surface area contributed by atoms with E-state index in [1.807, 2.05) is 0 Å². The fraction of sp³-hybridized carbons (Fsp3) is 0.150. The maximum atomic E-state index is 13.2. The van der Waals surface area contributed by atoms with Gasteiger partial charge >= 0.3 is 6.18 Å². The number of halogens is 3. The summed E-state index contributed by atoms with van der Waals surface area (Å²) in [5.41, 5.74) is 5.86. The summed E-state index contributed by atoms with van der Waals surface area (Å²) < 4.78 is 52.0. The molecule has 1 amide bonds.